The van der Waals surface area contributed by atoms with Crippen molar-refractivity contribution in [1.29, 1.82) is 0 Å². The van der Waals surface area contributed by atoms with Gasteiger partial charge in [-0.2, -0.15) is 5.10 Å². The Morgan fingerprint density at radius 1 is 1.38 bits per heavy atom. The first kappa shape index (κ1) is 17.0. The van der Waals surface area contributed by atoms with Gasteiger partial charge in [0.05, 0.1) is 0 Å². The molecule has 0 radical (unpaired) electrons. The van der Waals surface area contributed by atoms with E-state index in [1.54, 1.807) is 12.5 Å². The molecule has 1 saturated heterocycles. The number of aromatic nitrogens is 4. The van der Waals surface area contributed by atoms with Gasteiger partial charge >= 0.3 is 0 Å². The zero-order chi connectivity index (χ0) is 18.4. The van der Waals surface area contributed by atoms with E-state index < -0.39 is 0 Å². The van der Waals surface area contributed by atoms with Crippen molar-refractivity contribution in [2.24, 2.45) is 5.41 Å². The molecule has 1 aliphatic heterocycles. The van der Waals surface area contributed by atoms with Gasteiger partial charge in [-0.15, -0.1) is 0 Å². The van der Waals surface area contributed by atoms with E-state index in [1.165, 1.54) is 0 Å². The van der Waals surface area contributed by atoms with Crippen molar-refractivity contribution in [2.45, 2.75) is 51.5 Å². The summed E-state index contributed by atoms with van der Waals surface area (Å²) in [5, 5.41) is 10.7. The molecule has 2 aromatic heterocycles. The fraction of sp³-hybridized carbons (Fsp3) is 0.579. The van der Waals surface area contributed by atoms with E-state index in [0.29, 0.717) is 11.7 Å². The van der Waals surface area contributed by atoms with Crippen LogP contribution in [-0.2, 0) is 5.41 Å². The minimum atomic E-state index is -0.0361. The van der Waals surface area contributed by atoms with E-state index in [1.807, 2.05) is 17.0 Å². The number of H-pyrrole nitrogens is 1. The Balaban J connectivity index is 1.34. The molecule has 0 atom stereocenters. The molecule has 7 nitrogen and oxygen atoms in total. The monoisotopic (exact) mass is 354 g/mol. The molecule has 0 aromatic carbocycles. The smallest absolute Gasteiger partial charge is 0.274 e. The van der Waals surface area contributed by atoms with Crippen molar-refractivity contribution < 1.29 is 4.79 Å². The molecule has 3 heterocycles. The summed E-state index contributed by atoms with van der Waals surface area (Å²) in [7, 11) is 0. The molecule has 2 aliphatic rings. The highest BCUT2D eigenvalue weighted by atomic mass is 16.2. The summed E-state index contributed by atoms with van der Waals surface area (Å²) in [5.41, 5.74) is 1.74. The summed E-state index contributed by atoms with van der Waals surface area (Å²) in [6.07, 6.45) is 6.53. The quantitative estimate of drug-likeness (QED) is 0.885. The van der Waals surface area contributed by atoms with Gasteiger partial charge in [-0.3, -0.25) is 9.89 Å². The van der Waals surface area contributed by atoms with Crippen LogP contribution in [0, 0.1) is 5.41 Å². The lowest BCUT2D eigenvalue weighted by atomic mass is 9.65. The van der Waals surface area contributed by atoms with Gasteiger partial charge in [0.25, 0.3) is 5.91 Å². The maximum absolute atomic E-state index is 12.8. The van der Waals surface area contributed by atoms with Gasteiger partial charge in [0, 0.05) is 36.4 Å². The average molecular weight is 354 g/mol. The Kier molecular flexibility index (Phi) is 3.97. The van der Waals surface area contributed by atoms with Crippen molar-refractivity contribution in [3.63, 3.8) is 0 Å². The lowest BCUT2D eigenvalue weighted by Crippen LogP contribution is -2.47. The van der Waals surface area contributed by atoms with Crippen LogP contribution < -0.4 is 5.32 Å². The number of rotatable bonds is 3. The van der Waals surface area contributed by atoms with Crippen molar-refractivity contribution in [2.75, 3.05) is 18.4 Å². The number of nitrogens with zero attached hydrogens (tertiary/aromatic N) is 4. The van der Waals surface area contributed by atoms with Crippen molar-refractivity contribution >= 4 is 11.7 Å². The second-order valence-corrected chi connectivity index (χ2v) is 8.74. The highest BCUT2D eigenvalue weighted by molar-refractivity contribution is 5.92. The SMILES string of the molecule is CC(C)(C)c1cc(C(=O)N2CCC3(CC(Nc4ccncn4)C3)C2)n[nH]1. The first-order valence-electron chi connectivity index (χ1n) is 9.22. The van der Waals surface area contributed by atoms with E-state index in [4.69, 9.17) is 0 Å². The largest absolute Gasteiger partial charge is 0.367 e. The molecule has 2 fully saturated rings. The highest BCUT2D eigenvalue weighted by Gasteiger charge is 2.49. The number of carbonyl (C=O) groups excluding carboxylic acids is 1. The van der Waals surface area contributed by atoms with E-state index >= 15 is 0 Å². The predicted octanol–water partition coefficient (Wildman–Crippen LogP) is 2.60. The molecule has 0 unspecified atom stereocenters. The lowest BCUT2D eigenvalue weighted by Gasteiger charge is -2.45. The van der Waals surface area contributed by atoms with Crippen LogP contribution in [-0.4, -0.2) is 50.1 Å². The van der Waals surface area contributed by atoms with Crippen LogP contribution >= 0.6 is 0 Å². The molecule has 26 heavy (non-hydrogen) atoms. The zero-order valence-corrected chi connectivity index (χ0v) is 15.6. The lowest BCUT2D eigenvalue weighted by molar-refractivity contribution is 0.0710. The van der Waals surface area contributed by atoms with Gasteiger partial charge in [-0.05, 0) is 36.8 Å². The Labute approximate surface area is 153 Å². The average Bonchev–Trinajstić information content (AvgIpc) is 3.22. The predicted molar refractivity (Wildman–Crippen MR) is 98.9 cm³/mol. The second kappa shape index (κ2) is 6.07. The standard InChI is InChI=1S/C19H26N6O/c1-18(2,3)15-8-14(23-24-15)17(26)25-7-5-19(11-25)9-13(10-19)22-16-4-6-20-12-21-16/h4,6,8,12-13H,5,7,9-11H2,1-3H3,(H,23,24)(H,20,21,22). The normalized spacial score (nSPS) is 25.3. The molecule has 7 heteroatoms. The van der Waals surface area contributed by atoms with Gasteiger partial charge in [-0.25, -0.2) is 9.97 Å². The van der Waals surface area contributed by atoms with Gasteiger partial charge < -0.3 is 10.2 Å². The number of carbonyl (C=O) groups is 1. The van der Waals surface area contributed by atoms with Crippen LogP contribution in [0.5, 0.6) is 0 Å². The third kappa shape index (κ3) is 3.18. The minimum absolute atomic E-state index is 0.0361. The summed E-state index contributed by atoms with van der Waals surface area (Å²) < 4.78 is 0. The number of nitrogens with one attached hydrogen (secondary N) is 2. The summed E-state index contributed by atoms with van der Waals surface area (Å²) in [6.45, 7) is 7.97. The van der Waals surface area contributed by atoms with Crippen molar-refractivity contribution in [3.05, 3.63) is 36.0 Å². The summed E-state index contributed by atoms with van der Waals surface area (Å²) in [6, 6.07) is 4.21. The highest BCUT2D eigenvalue weighted by Crippen LogP contribution is 2.49. The summed E-state index contributed by atoms with van der Waals surface area (Å²) in [5.74, 6) is 0.915. The van der Waals surface area contributed by atoms with Gasteiger partial charge in [0.15, 0.2) is 0 Å². The molecule has 1 spiro atoms. The molecule has 1 aliphatic carbocycles. The summed E-state index contributed by atoms with van der Waals surface area (Å²) >= 11 is 0. The van der Waals surface area contributed by atoms with Crippen LogP contribution in [0.25, 0.3) is 0 Å². The topological polar surface area (TPSA) is 86.8 Å². The van der Waals surface area contributed by atoms with Gasteiger partial charge in [0.1, 0.15) is 17.8 Å². The van der Waals surface area contributed by atoms with Crippen molar-refractivity contribution in [1.82, 2.24) is 25.1 Å². The van der Waals surface area contributed by atoms with Crippen LogP contribution in [0.2, 0.25) is 0 Å². The van der Waals surface area contributed by atoms with E-state index in [0.717, 1.165) is 43.9 Å². The maximum Gasteiger partial charge on any atom is 0.274 e. The van der Waals surface area contributed by atoms with Crippen LogP contribution in [0.4, 0.5) is 5.82 Å². The van der Waals surface area contributed by atoms with Crippen LogP contribution in [0.15, 0.2) is 24.7 Å². The third-order valence-electron chi connectivity index (χ3n) is 5.62. The molecule has 138 valence electrons. The van der Waals surface area contributed by atoms with E-state index in [2.05, 4.69) is 46.3 Å². The van der Waals surface area contributed by atoms with Crippen LogP contribution in [0.3, 0.4) is 0 Å². The molecule has 0 bridgehead atoms. The molecule has 1 saturated carbocycles. The van der Waals surface area contributed by atoms with Crippen molar-refractivity contribution in [3.8, 4) is 0 Å². The Hall–Kier alpha value is -2.44. The van der Waals surface area contributed by atoms with Gasteiger partial charge in [0.2, 0.25) is 0 Å². The Morgan fingerprint density at radius 3 is 2.85 bits per heavy atom. The fourth-order valence-corrected chi connectivity index (χ4v) is 4.09. The molecular weight excluding hydrogens is 328 g/mol. The molecular formula is C19H26N6O. The fourth-order valence-electron chi connectivity index (χ4n) is 4.09. The number of likely N-dealkylation sites (tertiary alicyclic amines) is 1. The Bertz CT molecular complexity index is 788. The number of aromatic amines is 1. The third-order valence-corrected chi connectivity index (χ3v) is 5.62. The number of anilines is 1. The second-order valence-electron chi connectivity index (χ2n) is 8.74. The maximum atomic E-state index is 12.8. The first-order chi connectivity index (χ1) is 12.3. The van der Waals surface area contributed by atoms with Gasteiger partial charge in [-0.1, -0.05) is 20.8 Å². The van der Waals surface area contributed by atoms with Crippen LogP contribution in [0.1, 0.15) is 56.2 Å². The zero-order valence-electron chi connectivity index (χ0n) is 15.6. The minimum Gasteiger partial charge on any atom is -0.367 e. The number of amides is 1. The molecule has 1 amide bonds. The number of hydrogen-bond acceptors (Lipinski definition) is 5. The summed E-state index contributed by atoms with van der Waals surface area (Å²) in [4.78, 5) is 22.9. The molecule has 2 aromatic rings. The number of hydrogen-bond donors (Lipinski definition) is 2. The molecule has 4 rings (SSSR count). The van der Waals surface area contributed by atoms with E-state index in [9.17, 15) is 4.79 Å². The Morgan fingerprint density at radius 2 is 2.19 bits per heavy atom. The first-order valence-corrected chi connectivity index (χ1v) is 9.22. The molecule has 2 N–H and O–H groups in total. The van der Waals surface area contributed by atoms with E-state index in [-0.39, 0.29) is 16.7 Å².